The van der Waals surface area contributed by atoms with Crippen molar-refractivity contribution in [2.45, 2.75) is 99.6 Å². The number of hydrogen-bond donors (Lipinski definition) is 7. The van der Waals surface area contributed by atoms with Crippen molar-refractivity contribution in [3.63, 3.8) is 0 Å². The number of benzene rings is 12. The summed E-state index contributed by atoms with van der Waals surface area (Å²) in [6.07, 6.45) is 0.173. The fraction of sp³-hybridized carbons (Fsp3) is 0.216. The van der Waals surface area contributed by atoms with Gasteiger partial charge in [-0.05, 0) is 232 Å². The van der Waals surface area contributed by atoms with Crippen LogP contribution in [0.4, 0.5) is 0 Å². The van der Waals surface area contributed by atoms with Crippen LogP contribution in [0.1, 0.15) is 169 Å². The molecule has 0 heterocycles. The maximum Gasteiger partial charge on any atom is 0.347 e. The number of carbonyl (C=O) groups is 8. The Bertz CT molecular complexity index is 6120. The molecule has 7 N–H and O–H groups in total. The number of esters is 4. The van der Waals surface area contributed by atoms with E-state index in [0.29, 0.717) is 97.4 Å². The van der Waals surface area contributed by atoms with Crippen LogP contribution in [0.15, 0.2) is 218 Å². The lowest BCUT2D eigenvalue weighted by Crippen LogP contribution is -2.15. The summed E-state index contributed by atoms with van der Waals surface area (Å²) in [6.45, 7) is 5.48. The molecule has 0 saturated heterocycles. The molecule has 0 aromatic heterocycles. The SMILES string of the molecule is CCOc1cc(OC)c(C(=O)Oc2ccc(C(=O)Cc3ccc(-c4ccc(CC(=O)c5ccc(OC(=O)c6cc(CO)c(CO)cc6CO)c(CO)c5)cc4C)c(C)c3)cc2OC)cc1OCC.COc1cc(-c2ccc(CC(=O)c3ccc(OC(=O)c4ccc(CO)cc4CO)cc3)c(CO)c2)ccc1CC(=O)c1ccc(OC(=O)c2ccccc2OC)c(OC)c1. The molecule has 26 nitrogen and oxygen atoms in total. The summed E-state index contributed by atoms with van der Waals surface area (Å²) in [5, 5.41) is 68.6. The van der Waals surface area contributed by atoms with Crippen molar-refractivity contribution in [3.05, 3.63) is 335 Å². The summed E-state index contributed by atoms with van der Waals surface area (Å²) < 4.78 is 61.0. The van der Waals surface area contributed by atoms with Gasteiger partial charge in [0.15, 0.2) is 57.6 Å². The summed E-state index contributed by atoms with van der Waals surface area (Å²) in [7, 11) is 7.24. The topological polar surface area (TPSA) is 380 Å². The molecule has 0 radical (unpaired) electrons. The van der Waals surface area contributed by atoms with Crippen LogP contribution < -0.4 is 52.1 Å². The number of ether oxygens (including phenoxy) is 11. The number of carbonyl (C=O) groups excluding carboxylic acids is 8. The summed E-state index contributed by atoms with van der Waals surface area (Å²) >= 11 is 0. The first kappa shape index (κ1) is 94.2. The average molecular weight is 1740 g/mol. The molecule has 0 spiro atoms. The Labute approximate surface area is 738 Å². The Morgan fingerprint density at radius 1 is 0.258 bits per heavy atom. The maximum absolute atomic E-state index is 13.6. The zero-order valence-corrected chi connectivity index (χ0v) is 71.9. The smallest absolute Gasteiger partial charge is 0.347 e. The zero-order valence-electron chi connectivity index (χ0n) is 71.9. The number of aliphatic hydroxyl groups is 7. The largest absolute Gasteiger partial charge is 0.496 e. The highest BCUT2D eigenvalue weighted by Crippen LogP contribution is 2.40. The Hall–Kier alpha value is -14.5. The van der Waals surface area contributed by atoms with E-state index in [9.17, 15) is 74.1 Å². The van der Waals surface area contributed by atoms with Gasteiger partial charge in [0, 0.05) is 71.2 Å². The lowest BCUT2D eigenvalue weighted by atomic mass is 9.91. The Kier molecular flexibility index (Phi) is 32.7. The van der Waals surface area contributed by atoms with Gasteiger partial charge in [-0.1, -0.05) is 84.9 Å². The van der Waals surface area contributed by atoms with Gasteiger partial charge in [0.05, 0.1) is 106 Å². The minimum absolute atomic E-state index is 0.00314. The van der Waals surface area contributed by atoms with E-state index >= 15 is 0 Å². The third-order valence-electron chi connectivity index (χ3n) is 21.1. The van der Waals surface area contributed by atoms with E-state index in [4.69, 9.17) is 52.1 Å². The average Bonchev–Trinajstić information content (AvgIpc) is 0.814. The second kappa shape index (κ2) is 44.4. The third-order valence-corrected chi connectivity index (χ3v) is 21.1. The predicted octanol–water partition coefficient (Wildman–Crippen LogP) is 15.2. The molecule has 0 saturated carbocycles. The number of para-hydroxylation sites is 1. The normalized spacial score (nSPS) is 10.8. The summed E-state index contributed by atoms with van der Waals surface area (Å²) in [4.78, 5) is 106. The lowest BCUT2D eigenvalue weighted by Gasteiger charge is -2.16. The first-order chi connectivity index (χ1) is 61.9. The Morgan fingerprint density at radius 2 is 0.695 bits per heavy atom. The van der Waals surface area contributed by atoms with Crippen LogP contribution in [-0.2, 0) is 71.9 Å². The van der Waals surface area contributed by atoms with Crippen molar-refractivity contribution in [1.29, 1.82) is 0 Å². The number of Topliss-reactive ketones (excluding diaryl/α,β-unsaturated/α-hetero) is 4. The molecule has 0 aliphatic heterocycles. The van der Waals surface area contributed by atoms with Crippen LogP contribution in [-0.4, -0.2) is 132 Å². The van der Waals surface area contributed by atoms with Crippen LogP contribution in [0.5, 0.6) is 63.2 Å². The standard InChI is InChI=1S/C54H54O14.C48H42O12/c1-7-65-51-25-44(49(63-5)26-52(51)66-8-2)54(62)68-48-16-12-36(24-50(48)64-6)46(60)20-34-10-14-42(32(4)18-34)41-13-9-33(17-31(41)3)19-45(59)35-11-15-47(40(21-35)30-58)67-53(61)43-23-38(28-56)37(27-55)22-39(43)29-57;1-56-43-7-5-4-6-40(43)48(55)60-44-19-15-34(25-46(44)58-3)42(53)23-35-12-11-33(24-45(35)57-2)31-9-10-32(36(21-31)27-50)22-41(52)30-13-16-38(17-14-30)59-47(54)39-18-8-29(26-49)20-37(39)28-51/h9-18,21-26,55-58H,7-8,19-20,27-30H2,1-6H3;4-21,24-25,49-51H,22-23,26-28H2,1-3H3. The minimum atomic E-state index is -0.845. The molecule has 0 amide bonds. The molecular formula is C102H96O26. The van der Waals surface area contributed by atoms with E-state index in [1.165, 1.54) is 120 Å². The van der Waals surface area contributed by atoms with Crippen LogP contribution in [0.2, 0.25) is 0 Å². The van der Waals surface area contributed by atoms with Gasteiger partial charge in [-0.25, -0.2) is 19.2 Å². The number of hydrogen-bond acceptors (Lipinski definition) is 26. The highest BCUT2D eigenvalue weighted by Gasteiger charge is 2.27. The third kappa shape index (κ3) is 22.8. The van der Waals surface area contributed by atoms with Gasteiger partial charge in [-0.2, -0.15) is 0 Å². The van der Waals surface area contributed by atoms with Crippen LogP contribution in [0.3, 0.4) is 0 Å². The first-order valence-corrected chi connectivity index (χ1v) is 40.6. The van der Waals surface area contributed by atoms with E-state index in [-0.39, 0.29) is 136 Å². The minimum Gasteiger partial charge on any atom is -0.496 e. The molecule has 660 valence electrons. The van der Waals surface area contributed by atoms with E-state index in [0.717, 1.165) is 44.5 Å². The van der Waals surface area contributed by atoms with Crippen LogP contribution >= 0.6 is 0 Å². The summed E-state index contributed by atoms with van der Waals surface area (Å²) in [6, 6.07) is 59.2. The summed E-state index contributed by atoms with van der Waals surface area (Å²) in [5.41, 5.74) is 12.5. The molecule has 0 atom stereocenters. The second-order valence-corrected chi connectivity index (χ2v) is 29.3. The molecule has 12 rings (SSSR count). The van der Waals surface area contributed by atoms with Gasteiger partial charge < -0.3 is 87.9 Å². The fourth-order valence-electron chi connectivity index (χ4n) is 14.4. The van der Waals surface area contributed by atoms with Crippen molar-refractivity contribution in [2.75, 3.05) is 48.8 Å². The highest BCUT2D eigenvalue weighted by molar-refractivity contribution is 6.02. The molecule has 0 aliphatic carbocycles. The molecule has 12 aromatic carbocycles. The van der Waals surface area contributed by atoms with E-state index in [1.54, 1.807) is 84.9 Å². The molecular weight excluding hydrogens is 1640 g/mol. The van der Waals surface area contributed by atoms with Crippen molar-refractivity contribution in [2.24, 2.45) is 0 Å². The predicted molar refractivity (Wildman–Crippen MR) is 473 cm³/mol. The molecule has 128 heavy (non-hydrogen) atoms. The molecule has 12 aromatic rings. The Balaban J connectivity index is 0.000000250. The van der Waals surface area contributed by atoms with Crippen molar-refractivity contribution in [3.8, 4) is 85.5 Å². The number of aliphatic hydroxyl groups excluding tert-OH is 7. The monoisotopic (exact) mass is 1740 g/mol. The van der Waals surface area contributed by atoms with Gasteiger partial charge >= 0.3 is 23.9 Å². The molecule has 0 unspecified atom stereocenters. The van der Waals surface area contributed by atoms with Gasteiger partial charge in [0.25, 0.3) is 0 Å². The molecule has 26 heteroatoms. The summed E-state index contributed by atoms with van der Waals surface area (Å²) in [5.74, 6) is -0.990. The number of rotatable bonds is 38. The van der Waals surface area contributed by atoms with Gasteiger partial charge in [0.2, 0.25) is 0 Å². The van der Waals surface area contributed by atoms with Crippen molar-refractivity contribution < 1.29 is 126 Å². The fourth-order valence-corrected chi connectivity index (χ4v) is 14.4. The van der Waals surface area contributed by atoms with Crippen molar-refractivity contribution in [1.82, 2.24) is 0 Å². The first-order valence-electron chi connectivity index (χ1n) is 40.6. The van der Waals surface area contributed by atoms with Gasteiger partial charge in [-0.15, -0.1) is 0 Å². The van der Waals surface area contributed by atoms with Crippen LogP contribution in [0, 0.1) is 13.8 Å². The number of aryl methyl sites for hydroxylation is 2. The van der Waals surface area contributed by atoms with Gasteiger partial charge in [-0.3, -0.25) is 19.2 Å². The highest BCUT2D eigenvalue weighted by atomic mass is 16.6. The number of methoxy groups -OCH3 is 5. The van der Waals surface area contributed by atoms with E-state index in [1.807, 2.05) is 76.2 Å². The molecule has 0 fully saturated rings. The molecule has 0 aliphatic rings. The van der Waals surface area contributed by atoms with Crippen LogP contribution in [0.25, 0.3) is 22.3 Å². The quantitative estimate of drug-likeness (QED) is 0.0107. The van der Waals surface area contributed by atoms with E-state index < -0.39 is 56.9 Å². The second-order valence-electron chi connectivity index (χ2n) is 29.3. The van der Waals surface area contributed by atoms with Gasteiger partial charge in [0.1, 0.15) is 39.9 Å². The van der Waals surface area contributed by atoms with Crippen molar-refractivity contribution >= 4 is 47.0 Å². The van der Waals surface area contributed by atoms with E-state index in [2.05, 4.69) is 0 Å². The number of ketones is 4. The zero-order chi connectivity index (χ0) is 91.8. The Morgan fingerprint density at radius 3 is 1.23 bits per heavy atom. The lowest BCUT2D eigenvalue weighted by molar-refractivity contribution is 0.0716. The maximum atomic E-state index is 13.6. The molecule has 0 bridgehead atoms.